The van der Waals surface area contributed by atoms with E-state index in [9.17, 15) is 0 Å². The lowest BCUT2D eigenvalue weighted by Gasteiger charge is -2.30. The zero-order chi connectivity index (χ0) is 50.7. The van der Waals surface area contributed by atoms with E-state index in [0.717, 1.165) is 107 Å². The van der Waals surface area contributed by atoms with Gasteiger partial charge >= 0.3 is 0 Å². The van der Waals surface area contributed by atoms with Gasteiger partial charge < -0.3 is 18.8 Å². The molecule has 0 unspecified atom stereocenters. The van der Waals surface area contributed by atoms with Gasteiger partial charge in [0.2, 0.25) is 0 Å². The van der Waals surface area contributed by atoms with Gasteiger partial charge in [0.25, 0.3) is 0 Å². The highest BCUT2D eigenvalue weighted by atomic mass is 32.1. The Labute approximate surface area is 444 Å². The number of hydrogen-bond acceptors (Lipinski definition) is 4. The van der Waals surface area contributed by atoms with E-state index < -0.39 is 0 Å². The number of furan rings is 1. The molecular formula is C71H49N3OS. The molecule has 0 spiro atoms. The molecule has 360 valence electrons. The third-order valence-electron chi connectivity index (χ3n) is 14.9. The topological polar surface area (TPSA) is 24.6 Å². The number of aromatic nitrogens is 1. The van der Waals surface area contributed by atoms with Gasteiger partial charge in [-0.2, -0.15) is 0 Å². The molecule has 0 saturated carbocycles. The molecule has 14 aromatic rings. The molecule has 0 aliphatic heterocycles. The average molecular weight is 992 g/mol. The average Bonchev–Trinajstić information content (AvgIpc) is 4.16. The zero-order valence-electron chi connectivity index (χ0n) is 41.6. The highest BCUT2D eigenvalue weighted by Crippen LogP contribution is 2.49. The van der Waals surface area contributed by atoms with Gasteiger partial charge in [-0.1, -0.05) is 158 Å². The van der Waals surface area contributed by atoms with Crippen LogP contribution < -0.4 is 9.80 Å². The minimum Gasteiger partial charge on any atom is -0.455 e. The minimum absolute atomic E-state index is 0.755. The summed E-state index contributed by atoms with van der Waals surface area (Å²) in [6, 6.07) is 87.9. The number of nitrogens with zero attached hydrogens (tertiary/aromatic N) is 3. The molecule has 0 radical (unpaired) electrons. The van der Waals surface area contributed by atoms with Crippen molar-refractivity contribution >= 4 is 126 Å². The molecule has 14 rings (SSSR count). The molecule has 76 heavy (non-hydrogen) atoms. The summed E-state index contributed by atoms with van der Waals surface area (Å²) in [5, 5.41) is 9.24. The van der Waals surface area contributed by atoms with Crippen LogP contribution in [0.1, 0.15) is 12.0 Å². The van der Waals surface area contributed by atoms with E-state index in [2.05, 4.69) is 276 Å². The van der Waals surface area contributed by atoms with Gasteiger partial charge in [-0.15, -0.1) is 17.9 Å². The first-order valence-electron chi connectivity index (χ1n) is 25.8. The number of allylic oxidation sites excluding steroid dienone is 4. The van der Waals surface area contributed by atoms with E-state index in [1.165, 1.54) is 36.5 Å². The maximum absolute atomic E-state index is 7.15. The van der Waals surface area contributed by atoms with Gasteiger partial charge in [-0.3, -0.25) is 0 Å². The molecule has 0 aliphatic carbocycles. The van der Waals surface area contributed by atoms with Crippen LogP contribution in [-0.2, 0) is 0 Å². The van der Waals surface area contributed by atoms with Gasteiger partial charge in [0.05, 0.1) is 22.1 Å². The highest BCUT2D eigenvalue weighted by molar-refractivity contribution is 7.25. The van der Waals surface area contributed by atoms with Crippen molar-refractivity contribution in [2.75, 3.05) is 9.80 Å². The number of hydrogen-bond donors (Lipinski definition) is 0. The summed E-state index contributed by atoms with van der Waals surface area (Å²) in [6.45, 7) is 8.14. The van der Waals surface area contributed by atoms with Crippen LogP contribution in [0.4, 0.5) is 34.1 Å². The first-order valence-corrected chi connectivity index (χ1v) is 26.6. The van der Waals surface area contributed by atoms with E-state index in [1.54, 1.807) is 0 Å². The van der Waals surface area contributed by atoms with E-state index in [-0.39, 0.29) is 0 Å². The molecular weight excluding hydrogens is 943 g/mol. The Bertz CT molecular complexity index is 4600. The maximum atomic E-state index is 7.15. The van der Waals surface area contributed by atoms with Crippen LogP contribution >= 0.6 is 11.3 Å². The van der Waals surface area contributed by atoms with Crippen LogP contribution in [0.2, 0.25) is 0 Å². The van der Waals surface area contributed by atoms with Crippen molar-refractivity contribution in [3.8, 4) is 16.8 Å². The molecule has 0 N–H and O–H groups in total. The molecule has 5 heteroatoms. The van der Waals surface area contributed by atoms with Crippen LogP contribution in [0.15, 0.2) is 278 Å². The monoisotopic (exact) mass is 991 g/mol. The van der Waals surface area contributed by atoms with Gasteiger partial charge in [-0.25, -0.2) is 0 Å². The molecule has 0 fully saturated rings. The molecule has 11 aromatic carbocycles. The van der Waals surface area contributed by atoms with Crippen molar-refractivity contribution in [2.24, 2.45) is 0 Å². The fraction of sp³-hybridized carbons (Fsp3) is 0.0141. The zero-order valence-corrected chi connectivity index (χ0v) is 42.4. The summed E-state index contributed by atoms with van der Waals surface area (Å²) >= 11 is 1.84. The second-order valence-electron chi connectivity index (χ2n) is 19.3. The predicted molar refractivity (Wildman–Crippen MR) is 326 cm³/mol. The van der Waals surface area contributed by atoms with Crippen molar-refractivity contribution in [1.29, 1.82) is 0 Å². The Morgan fingerprint density at radius 2 is 1.08 bits per heavy atom. The number of fused-ring (bicyclic) bond motifs is 11. The highest BCUT2D eigenvalue weighted by Gasteiger charge is 2.25. The molecule has 3 aromatic heterocycles. The second kappa shape index (κ2) is 18.7. The second-order valence-corrected chi connectivity index (χ2v) is 20.4. The number of benzene rings is 11. The number of anilines is 6. The summed E-state index contributed by atoms with van der Waals surface area (Å²) in [6.07, 6.45) is 6.77. The summed E-state index contributed by atoms with van der Waals surface area (Å²) in [4.78, 5) is 4.78. The first-order chi connectivity index (χ1) is 37.6. The van der Waals surface area contributed by atoms with Crippen LogP contribution in [0.3, 0.4) is 0 Å². The minimum atomic E-state index is 0.755. The lowest BCUT2D eigenvalue weighted by atomic mass is 9.99. The van der Waals surface area contributed by atoms with Crippen molar-refractivity contribution in [1.82, 2.24) is 4.57 Å². The normalized spacial score (nSPS) is 11.9. The Morgan fingerprint density at radius 3 is 1.89 bits per heavy atom. The molecule has 0 amide bonds. The third-order valence-corrected chi connectivity index (χ3v) is 16.0. The molecule has 0 atom stereocenters. The number of thiophene rings is 1. The SMILES string of the molecule is C=CC/C=C(\C=C)c1ccc(N(c2cccc(N(c3ccccc3)c3ccc4c5ccccc5n(-c5ccccc5)c4c3)c2)c2cc3ccccc3c3oc4cc(-c5ccc6sc7ccccc7c6c5)ccc4c23)cc1. The molecule has 4 nitrogen and oxygen atoms in total. The van der Waals surface area contributed by atoms with Crippen molar-refractivity contribution in [3.63, 3.8) is 0 Å². The smallest absolute Gasteiger partial charge is 0.145 e. The Balaban J connectivity index is 0.976. The summed E-state index contributed by atoms with van der Waals surface area (Å²) < 4.78 is 12.1. The van der Waals surface area contributed by atoms with Crippen LogP contribution in [-0.4, -0.2) is 4.57 Å². The van der Waals surface area contributed by atoms with Gasteiger partial charge in [0.15, 0.2) is 0 Å². The Kier molecular flexibility index (Phi) is 11.0. The van der Waals surface area contributed by atoms with E-state index >= 15 is 0 Å². The van der Waals surface area contributed by atoms with E-state index in [1.807, 2.05) is 23.5 Å². The molecule has 0 aliphatic rings. The molecule has 3 heterocycles. The Hall–Kier alpha value is -9.68. The summed E-state index contributed by atoms with van der Waals surface area (Å²) in [5.41, 5.74) is 15.7. The fourth-order valence-corrected chi connectivity index (χ4v) is 12.4. The predicted octanol–water partition coefficient (Wildman–Crippen LogP) is 21.0. The van der Waals surface area contributed by atoms with Gasteiger partial charge in [-0.05, 0) is 143 Å². The Morgan fingerprint density at radius 1 is 0.461 bits per heavy atom. The largest absolute Gasteiger partial charge is 0.455 e. The maximum Gasteiger partial charge on any atom is 0.145 e. The fourth-order valence-electron chi connectivity index (χ4n) is 11.4. The first kappa shape index (κ1) is 45.0. The van der Waals surface area contributed by atoms with Crippen molar-refractivity contribution < 1.29 is 4.42 Å². The lowest BCUT2D eigenvalue weighted by Crippen LogP contribution is -2.13. The summed E-state index contributed by atoms with van der Waals surface area (Å²) in [5.74, 6) is 0. The molecule has 0 bridgehead atoms. The third kappa shape index (κ3) is 7.59. The van der Waals surface area contributed by atoms with Crippen LogP contribution in [0, 0.1) is 0 Å². The van der Waals surface area contributed by atoms with Gasteiger partial charge in [0.1, 0.15) is 11.2 Å². The van der Waals surface area contributed by atoms with Crippen molar-refractivity contribution in [3.05, 3.63) is 280 Å². The van der Waals surface area contributed by atoms with Gasteiger partial charge in [0, 0.05) is 75.8 Å². The lowest BCUT2D eigenvalue weighted by molar-refractivity contribution is 0.673. The van der Waals surface area contributed by atoms with E-state index in [0.29, 0.717) is 0 Å². The quantitative estimate of drug-likeness (QED) is 0.0901. The standard InChI is InChI=1S/C71H49N3OS/c1-3-5-19-47(4-2)48-32-36-54(37-33-48)73(66-43-51-20-12-13-27-58(51)71-70(66)62-39-34-50(44-67(62)75-71)49-35-41-69-63(42-49)61-29-15-17-31-68(61)76-69)56-26-18-25-55(45-56)72(52-21-8-6-9-22-52)57-38-40-60-59-28-14-16-30-64(59)74(65(60)46-57)53-23-10-7-11-24-53/h3-4,6-46H,1-2,5H2/b47-19+. The van der Waals surface area contributed by atoms with Crippen LogP contribution in [0.25, 0.3) is 97.1 Å². The number of rotatable bonds is 12. The van der Waals surface area contributed by atoms with E-state index in [4.69, 9.17) is 4.42 Å². The van der Waals surface area contributed by atoms with Crippen LogP contribution in [0.5, 0.6) is 0 Å². The van der Waals surface area contributed by atoms with Crippen molar-refractivity contribution in [2.45, 2.75) is 6.42 Å². The molecule has 0 saturated heterocycles. The number of para-hydroxylation sites is 3. The summed E-state index contributed by atoms with van der Waals surface area (Å²) in [7, 11) is 0.